The maximum atomic E-state index is 12.4. The first kappa shape index (κ1) is 33.9. The minimum Gasteiger partial charge on any atom is -0.480 e. The van der Waals surface area contributed by atoms with Crippen LogP contribution in [-0.2, 0) is 17.8 Å². The average molecular weight is 649 g/mol. The fourth-order valence-corrected chi connectivity index (χ4v) is 7.99. The summed E-state index contributed by atoms with van der Waals surface area (Å²) in [6, 6.07) is 29.0. The van der Waals surface area contributed by atoms with Crippen molar-refractivity contribution < 1.29 is 14.6 Å². The van der Waals surface area contributed by atoms with Crippen molar-refractivity contribution >= 4 is 5.97 Å². The molecule has 2 aliphatic heterocycles. The highest BCUT2D eigenvalue weighted by molar-refractivity contribution is 5.74. The second-order valence-corrected chi connectivity index (χ2v) is 14.1. The van der Waals surface area contributed by atoms with Crippen molar-refractivity contribution in [1.82, 2.24) is 19.6 Å². The minimum atomic E-state index is -0.685. The molecule has 7 heteroatoms. The quantitative estimate of drug-likeness (QED) is 0.159. The number of carboxylic acids is 1. The maximum Gasteiger partial charge on any atom is 0.321 e. The zero-order chi connectivity index (χ0) is 33.6. The highest BCUT2D eigenvalue weighted by atomic mass is 16.5. The summed E-state index contributed by atoms with van der Waals surface area (Å²) in [4.78, 5) is 17.3. The zero-order valence-electron chi connectivity index (χ0n) is 29.1. The Morgan fingerprint density at radius 1 is 0.938 bits per heavy atom. The Hall–Kier alpha value is -3.94. The van der Waals surface area contributed by atoms with E-state index < -0.39 is 12.0 Å². The van der Waals surface area contributed by atoms with Crippen molar-refractivity contribution in [3.05, 3.63) is 113 Å². The lowest BCUT2D eigenvalue weighted by atomic mass is 9.86. The van der Waals surface area contributed by atoms with Gasteiger partial charge in [-0.2, -0.15) is 5.10 Å². The number of likely N-dealkylation sites (tertiary alicyclic amines) is 2. The van der Waals surface area contributed by atoms with E-state index in [0.717, 1.165) is 82.1 Å². The summed E-state index contributed by atoms with van der Waals surface area (Å²) in [5.41, 5.74) is 6.32. The predicted molar refractivity (Wildman–Crippen MR) is 192 cm³/mol. The Kier molecular flexibility index (Phi) is 11.0. The normalized spacial score (nSPS) is 20.5. The number of carboxylic acid groups (broad SMARTS) is 1. The monoisotopic (exact) mass is 648 g/mol. The fourth-order valence-electron chi connectivity index (χ4n) is 7.99. The number of para-hydroxylation sites is 1. The first-order chi connectivity index (χ1) is 23.3. The lowest BCUT2D eigenvalue weighted by Gasteiger charge is -2.35. The van der Waals surface area contributed by atoms with Gasteiger partial charge in [-0.15, -0.1) is 0 Å². The number of carbonyl (C=O) groups is 1. The van der Waals surface area contributed by atoms with Crippen molar-refractivity contribution in [2.24, 2.45) is 11.8 Å². The third-order valence-corrected chi connectivity index (χ3v) is 10.7. The highest BCUT2D eigenvalue weighted by Gasteiger charge is 2.42. The predicted octanol–water partition coefficient (Wildman–Crippen LogP) is 7.99. The standard InChI is InChI=1S/C41H52N4O3/c1-5-30(4)40(41(46)47)44-27-34(38(28-44)33-12-10-11-29(3)23-33)26-43-21-19-32(20-22-43)39-25-35(42-45(39)6-2)24-31-15-17-37(18-16-31)48-36-13-8-7-9-14-36/h7-18,23,25,30,32,34,38,40H,5-6,19-22,24,26-28H2,1-4H3,(H,46,47). The summed E-state index contributed by atoms with van der Waals surface area (Å²) in [7, 11) is 0. The van der Waals surface area contributed by atoms with Crippen LogP contribution in [-0.4, -0.2) is 69.4 Å². The Morgan fingerprint density at radius 2 is 1.67 bits per heavy atom. The van der Waals surface area contributed by atoms with E-state index >= 15 is 0 Å². The summed E-state index contributed by atoms with van der Waals surface area (Å²) in [6.45, 7) is 14.2. The first-order valence-electron chi connectivity index (χ1n) is 18.0. The van der Waals surface area contributed by atoms with Gasteiger partial charge in [0, 0.05) is 50.1 Å². The molecule has 48 heavy (non-hydrogen) atoms. The van der Waals surface area contributed by atoms with Gasteiger partial charge in [0.1, 0.15) is 17.5 Å². The minimum absolute atomic E-state index is 0.122. The molecule has 7 nitrogen and oxygen atoms in total. The van der Waals surface area contributed by atoms with Crippen molar-refractivity contribution in [3.63, 3.8) is 0 Å². The number of aromatic nitrogens is 2. The smallest absolute Gasteiger partial charge is 0.321 e. The van der Waals surface area contributed by atoms with Gasteiger partial charge in [0.15, 0.2) is 0 Å². The summed E-state index contributed by atoms with van der Waals surface area (Å²) < 4.78 is 8.19. The van der Waals surface area contributed by atoms with Gasteiger partial charge in [-0.3, -0.25) is 14.4 Å². The number of ether oxygens (including phenoxy) is 1. The van der Waals surface area contributed by atoms with Gasteiger partial charge in [-0.25, -0.2) is 0 Å². The van der Waals surface area contributed by atoms with Gasteiger partial charge in [-0.1, -0.05) is 80.4 Å². The number of aliphatic carboxylic acids is 1. The SMILES string of the molecule is CCC(C)C(C(=O)O)N1CC(CN2CCC(c3cc(Cc4ccc(Oc5ccccc5)cc4)nn3CC)CC2)C(c2cccc(C)c2)C1. The van der Waals surface area contributed by atoms with E-state index in [-0.39, 0.29) is 5.92 Å². The van der Waals surface area contributed by atoms with Gasteiger partial charge in [0.05, 0.1) is 5.69 Å². The van der Waals surface area contributed by atoms with E-state index in [2.05, 4.69) is 84.6 Å². The molecule has 0 amide bonds. The topological polar surface area (TPSA) is 70.8 Å². The second-order valence-electron chi connectivity index (χ2n) is 14.1. The van der Waals surface area contributed by atoms with Crippen LogP contribution in [0.15, 0.2) is 84.9 Å². The summed E-state index contributed by atoms with van der Waals surface area (Å²) in [6.07, 6.45) is 3.91. The molecule has 2 saturated heterocycles. The van der Waals surface area contributed by atoms with E-state index in [9.17, 15) is 9.90 Å². The van der Waals surface area contributed by atoms with Crippen LogP contribution < -0.4 is 4.74 Å². The number of nitrogens with zero attached hydrogens (tertiary/aromatic N) is 4. The molecule has 0 aliphatic carbocycles. The second kappa shape index (κ2) is 15.5. The van der Waals surface area contributed by atoms with Crippen molar-refractivity contribution in [2.45, 2.75) is 77.8 Å². The van der Waals surface area contributed by atoms with Crippen molar-refractivity contribution in [3.8, 4) is 11.5 Å². The van der Waals surface area contributed by atoms with Gasteiger partial charge in [0.2, 0.25) is 0 Å². The molecular formula is C41H52N4O3. The molecule has 1 aromatic heterocycles. The van der Waals surface area contributed by atoms with Crippen LogP contribution in [0.5, 0.6) is 11.5 Å². The molecule has 3 aromatic carbocycles. The molecule has 2 aliphatic rings. The van der Waals surface area contributed by atoms with Crippen LogP contribution in [0.3, 0.4) is 0 Å². The van der Waals surface area contributed by atoms with E-state index in [1.807, 2.05) is 42.5 Å². The summed E-state index contributed by atoms with van der Waals surface area (Å²) in [5, 5.41) is 15.2. The number of hydrogen-bond donors (Lipinski definition) is 1. The number of hydrogen-bond acceptors (Lipinski definition) is 5. The Bertz CT molecular complexity index is 1630. The van der Waals surface area contributed by atoms with Gasteiger partial charge >= 0.3 is 5.97 Å². The molecule has 2 fully saturated rings. The molecule has 4 unspecified atom stereocenters. The molecule has 4 atom stereocenters. The number of piperidine rings is 1. The molecule has 6 rings (SSSR count). The third kappa shape index (κ3) is 8.01. The zero-order valence-corrected chi connectivity index (χ0v) is 29.1. The van der Waals surface area contributed by atoms with Crippen molar-refractivity contribution in [1.29, 1.82) is 0 Å². The Morgan fingerprint density at radius 3 is 2.33 bits per heavy atom. The van der Waals surface area contributed by atoms with E-state index in [1.54, 1.807) is 0 Å². The molecular weight excluding hydrogens is 596 g/mol. The van der Waals surface area contributed by atoms with Crippen LogP contribution >= 0.6 is 0 Å². The van der Waals surface area contributed by atoms with Crippen molar-refractivity contribution in [2.75, 3.05) is 32.7 Å². The number of rotatable bonds is 13. The van der Waals surface area contributed by atoms with E-state index in [4.69, 9.17) is 9.84 Å². The molecule has 0 spiro atoms. The maximum absolute atomic E-state index is 12.4. The summed E-state index contributed by atoms with van der Waals surface area (Å²) in [5.74, 6) is 2.37. The molecule has 1 N–H and O–H groups in total. The number of aryl methyl sites for hydroxylation is 2. The Balaban J connectivity index is 1.09. The highest BCUT2D eigenvalue weighted by Crippen LogP contribution is 2.38. The molecule has 3 heterocycles. The lowest BCUT2D eigenvalue weighted by molar-refractivity contribution is -0.145. The van der Waals surface area contributed by atoms with Crippen LogP contribution in [0.4, 0.5) is 0 Å². The fraction of sp³-hybridized carbons (Fsp3) is 0.463. The van der Waals surface area contributed by atoms with Gasteiger partial charge in [0.25, 0.3) is 0 Å². The number of benzene rings is 3. The van der Waals surface area contributed by atoms with Crippen LogP contribution in [0.2, 0.25) is 0 Å². The summed E-state index contributed by atoms with van der Waals surface area (Å²) >= 11 is 0. The van der Waals surface area contributed by atoms with Gasteiger partial charge in [-0.05, 0) is 93.1 Å². The molecule has 4 aromatic rings. The Labute approximate surface area is 286 Å². The molecule has 0 bridgehead atoms. The van der Waals surface area contributed by atoms with Crippen LogP contribution in [0.25, 0.3) is 0 Å². The van der Waals surface area contributed by atoms with E-state index in [1.165, 1.54) is 22.4 Å². The molecule has 0 radical (unpaired) electrons. The van der Waals surface area contributed by atoms with Crippen LogP contribution in [0.1, 0.15) is 79.9 Å². The van der Waals surface area contributed by atoms with E-state index in [0.29, 0.717) is 17.8 Å². The first-order valence-corrected chi connectivity index (χ1v) is 18.0. The largest absolute Gasteiger partial charge is 0.480 e. The lowest BCUT2D eigenvalue weighted by Crippen LogP contribution is -2.45. The molecule has 254 valence electrons. The third-order valence-electron chi connectivity index (χ3n) is 10.7. The van der Waals surface area contributed by atoms with Crippen LogP contribution in [0, 0.1) is 18.8 Å². The van der Waals surface area contributed by atoms with Gasteiger partial charge < -0.3 is 14.7 Å². The molecule has 0 saturated carbocycles. The average Bonchev–Trinajstić information content (AvgIpc) is 3.70.